The Bertz CT molecular complexity index is 853. The Kier molecular flexibility index (Phi) is 5.70. The van der Waals surface area contributed by atoms with Crippen LogP contribution in [0.1, 0.15) is 56.9 Å². The standard InChI is InChI=1S/C22H25F2NO3/c1-13(2)21(27)25-22(3)11-19(14-4-6-15(23)7-5-14)28-20(12-22)17-10-16(24)8-9-18(17)26/h4-10,13,19-20,26H,11-12H2,1-3H3,(H,25,27)/t19-,20+,22-/m0/s1. The van der Waals surface area contributed by atoms with Gasteiger partial charge in [-0.2, -0.15) is 0 Å². The van der Waals surface area contributed by atoms with Crippen molar-refractivity contribution in [3.05, 3.63) is 65.2 Å². The van der Waals surface area contributed by atoms with Crippen molar-refractivity contribution in [2.45, 2.75) is 51.4 Å². The molecule has 2 N–H and O–H groups in total. The summed E-state index contributed by atoms with van der Waals surface area (Å²) in [5.41, 5.74) is 0.450. The third kappa shape index (κ3) is 4.50. The van der Waals surface area contributed by atoms with Crippen LogP contribution in [0.4, 0.5) is 8.78 Å². The molecule has 1 aliphatic rings. The highest BCUT2D eigenvalue weighted by molar-refractivity contribution is 5.78. The molecule has 1 fully saturated rings. The molecule has 1 saturated heterocycles. The Morgan fingerprint density at radius 2 is 1.71 bits per heavy atom. The van der Waals surface area contributed by atoms with Gasteiger partial charge in [0.15, 0.2) is 0 Å². The van der Waals surface area contributed by atoms with Crippen LogP contribution in [-0.4, -0.2) is 16.6 Å². The Labute approximate surface area is 163 Å². The van der Waals surface area contributed by atoms with Gasteiger partial charge in [0.1, 0.15) is 17.4 Å². The molecule has 0 aliphatic carbocycles. The van der Waals surface area contributed by atoms with Crippen LogP contribution in [0.2, 0.25) is 0 Å². The molecule has 1 heterocycles. The summed E-state index contributed by atoms with van der Waals surface area (Å²) in [4.78, 5) is 12.4. The van der Waals surface area contributed by atoms with Crippen LogP contribution >= 0.6 is 0 Å². The van der Waals surface area contributed by atoms with Gasteiger partial charge in [-0.3, -0.25) is 4.79 Å². The third-order valence-corrected chi connectivity index (χ3v) is 5.13. The van der Waals surface area contributed by atoms with E-state index in [4.69, 9.17) is 4.74 Å². The number of amides is 1. The van der Waals surface area contributed by atoms with Crippen LogP contribution in [0.15, 0.2) is 42.5 Å². The van der Waals surface area contributed by atoms with Gasteiger partial charge < -0.3 is 15.2 Å². The predicted octanol–water partition coefficient (Wildman–Crippen LogP) is 4.79. The van der Waals surface area contributed by atoms with Crippen LogP contribution in [0.3, 0.4) is 0 Å². The zero-order valence-corrected chi connectivity index (χ0v) is 16.2. The Balaban J connectivity index is 1.96. The van der Waals surface area contributed by atoms with Crippen molar-refractivity contribution in [3.8, 4) is 5.75 Å². The minimum absolute atomic E-state index is 0.0660. The number of aromatic hydroxyl groups is 1. The second kappa shape index (κ2) is 7.87. The molecule has 0 bridgehead atoms. The van der Waals surface area contributed by atoms with E-state index in [0.717, 1.165) is 5.56 Å². The molecule has 0 unspecified atom stereocenters. The summed E-state index contributed by atoms with van der Waals surface area (Å²) >= 11 is 0. The first kappa shape index (κ1) is 20.3. The SMILES string of the molecule is CC(C)C(=O)N[C@@]1(C)C[C@@H](c2ccc(F)cc2)O[C@@H](c2cc(F)ccc2O)C1. The number of hydrogen-bond donors (Lipinski definition) is 2. The van der Waals surface area contributed by atoms with Crippen molar-refractivity contribution in [1.82, 2.24) is 5.32 Å². The first-order valence-electron chi connectivity index (χ1n) is 9.38. The average molecular weight is 389 g/mol. The maximum absolute atomic E-state index is 13.8. The van der Waals surface area contributed by atoms with Gasteiger partial charge in [-0.15, -0.1) is 0 Å². The van der Waals surface area contributed by atoms with Gasteiger partial charge in [-0.25, -0.2) is 8.78 Å². The highest BCUT2D eigenvalue weighted by Gasteiger charge is 2.41. The average Bonchev–Trinajstić information content (AvgIpc) is 2.63. The topological polar surface area (TPSA) is 58.6 Å². The third-order valence-electron chi connectivity index (χ3n) is 5.13. The summed E-state index contributed by atoms with van der Waals surface area (Å²) < 4.78 is 33.3. The van der Waals surface area contributed by atoms with E-state index in [9.17, 15) is 18.7 Å². The van der Waals surface area contributed by atoms with Gasteiger partial charge in [-0.1, -0.05) is 26.0 Å². The van der Waals surface area contributed by atoms with Gasteiger partial charge >= 0.3 is 0 Å². The van der Waals surface area contributed by atoms with Gasteiger partial charge in [0, 0.05) is 29.9 Å². The van der Waals surface area contributed by atoms with Crippen molar-refractivity contribution in [2.75, 3.05) is 0 Å². The molecule has 0 spiro atoms. The quantitative estimate of drug-likeness (QED) is 0.790. The number of hydrogen-bond acceptors (Lipinski definition) is 3. The minimum Gasteiger partial charge on any atom is -0.508 e. The number of carbonyl (C=O) groups is 1. The number of carbonyl (C=O) groups excluding carboxylic acids is 1. The van der Waals surface area contributed by atoms with Gasteiger partial charge in [0.25, 0.3) is 0 Å². The maximum Gasteiger partial charge on any atom is 0.222 e. The lowest BCUT2D eigenvalue weighted by molar-refractivity contribution is -0.131. The lowest BCUT2D eigenvalue weighted by Gasteiger charge is -2.43. The zero-order valence-electron chi connectivity index (χ0n) is 16.2. The van der Waals surface area contributed by atoms with E-state index in [0.29, 0.717) is 18.4 Å². The molecule has 3 rings (SSSR count). The van der Waals surface area contributed by atoms with E-state index in [-0.39, 0.29) is 23.4 Å². The summed E-state index contributed by atoms with van der Waals surface area (Å²) in [6, 6.07) is 9.70. The molecular weight excluding hydrogens is 364 g/mol. The highest BCUT2D eigenvalue weighted by Crippen LogP contribution is 2.45. The van der Waals surface area contributed by atoms with Crippen LogP contribution in [-0.2, 0) is 9.53 Å². The second-order valence-corrected chi connectivity index (χ2v) is 7.98. The van der Waals surface area contributed by atoms with E-state index in [1.807, 2.05) is 20.8 Å². The monoisotopic (exact) mass is 389 g/mol. The van der Waals surface area contributed by atoms with Gasteiger partial charge in [0.2, 0.25) is 5.91 Å². The fourth-order valence-electron chi connectivity index (χ4n) is 3.58. The number of benzene rings is 2. The fraction of sp³-hybridized carbons (Fsp3) is 0.409. The molecule has 2 aromatic rings. The minimum atomic E-state index is -0.637. The molecule has 0 aromatic heterocycles. The van der Waals surface area contributed by atoms with Crippen LogP contribution in [0.5, 0.6) is 5.75 Å². The summed E-state index contributed by atoms with van der Waals surface area (Å²) in [7, 11) is 0. The summed E-state index contributed by atoms with van der Waals surface area (Å²) in [5, 5.41) is 13.3. The summed E-state index contributed by atoms with van der Waals surface area (Å²) in [6.07, 6.45) is -0.222. The second-order valence-electron chi connectivity index (χ2n) is 7.98. The molecule has 3 atom stereocenters. The van der Waals surface area contributed by atoms with Crippen molar-refractivity contribution < 1.29 is 23.4 Å². The number of phenolic OH excluding ortho intramolecular Hbond substituents is 1. The molecule has 6 heteroatoms. The van der Waals surface area contributed by atoms with Crippen LogP contribution in [0, 0.1) is 17.6 Å². The van der Waals surface area contributed by atoms with Crippen molar-refractivity contribution in [2.24, 2.45) is 5.92 Å². The number of rotatable bonds is 4. The number of halogens is 2. The van der Waals surface area contributed by atoms with Crippen LogP contribution in [0.25, 0.3) is 0 Å². The molecule has 2 aromatic carbocycles. The molecular formula is C22H25F2NO3. The van der Waals surface area contributed by atoms with E-state index in [1.54, 1.807) is 12.1 Å². The Morgan fingerprint density at radius 3 is 2.36 bits per heavy atom. The maximum atomic E-state index is 13.8. The molecule has 1 aliphatic heterocycles. The summed E-state index contributed by atoms with van der Waals surface area (Å²) in [6.45, 7) is 5.53. The molecule has 0 saturated carbocycles. The normalized spacial score (nSPS) is 24.9. The smallest absolute Gasteiger partial charge is 0.222 e. The van der Waals surface area contributed by atoms with E-state index in [2.05, 4.69) is 5.32 Å². The Hall–Kier alpha value is -2.47. The van der Waals surface area contributed by atoms with Gasteiger partial charge in [0.05, 0.1) is 12.2 Å². The first-order valence-corrected chi connectivity index (χ1v) is 9.38. The molecule has 1 amide bonds. The highest BCUT2D eigenvalue weighted by atomic mass is 19.1. The first-order chi connectivity index (χ1) is 13.2. The predicted molar refractivity (Wildman–Crippen MR) is 102 cm³/mol. The largest absolute Gasteiger partial charge is 0.508 e. The number of ether oxygens (including phenoxy) is 1. The van der Waals surface area contributed by atoms with Crippen molar-refractivity contribution >= 4 is 5.91 Å². The van der Waals surface area contributed by atoms with E-state index in [1.165, 1.54) is 30.3 Å². The van der Waals surface area contributed by atoms with E-state index >= 15 is 0 Å². The summed E-state index contributed by atoms with van der Waals surface area (Å²) in [5.74, 6) is -1.18. The van der Waals surface area contributed by atoms with Crippen molar-refractivity contribution in [1.29, 1.82) is 0 Å². The molecule has 4 nitrogen and oxygen atoms in total. The molecule has 28 heavy (non-hydrogen) atoms. The molecule has 150 valence electrons. The lowest BCUT2D eigenvalue weighted by atomic mass is 9.81. The molecule has 0 radical (unpaired) electrons. The lowest BCUT2D eigenvalue weighted by Crippen LogP contribution is -2.52. The number of nitrogens with one attached hydrogen (secondary N) is 1. The Morgan fingerprint density at radius 1 is 1.11 bits per heavy atom. The van der Waals surface area contributed by atoms with E-state index < -0.39 is 23.6 Å². The number of phenols is 1. The fourth-order valence-corrected chi connectivity index (χ4v) is 3.58. The zero-order chi connectivity index (χ0) is 20.5. The van der Waals surface area contributed by atoms with Crippen LogP contribution < -0.4 is 5.32 Å². The van der Waals surface area contributed by atoms with Gasteiger partial charge in [-0.05, 0) is 42.8 Å². The van der Waals surface area contributed by atoms with Crippen molar-refractivity contribution in [3.63, 3.8) is 0 Å².